The van der Waals surface area contributed by atoms with Crippen LogP contribution < -0.4 is 14.4 Å². The molecule has 1 fully saturated rings. The molecule has 12 heteroatoms. The fourth-order valence-electron chi connectivity index (χ4n) is 3.73. The molecule has 0 radical (unpaired) electrons. The van der Waals surface area contributed by atoms with Crippen LogP contribution in [0.4, 0.5) is 24.5 Å². The molecule has 2 aromatic rings. The van der Waals surface area contributed by atoms with Crippen LogP contribution in [-0.2, 0) is 25.7 Å². The number of methoxy groups -OCH3 is 3. The molecular weight excluding hydrogens is 477 g/mol. The predicted molar refractivity (Wildman–Crippen MR) is 119 cm³/mol. The lowest BCUT2D eigenvalue weighted by molar-refractivity contribution is -0.137. The normalized spacial score (nSPS) is 15.2. The van der Waals surface area contributed by atoms with Crippen molar-refractivity contribution in [2.45, 2.75) is 30.0 Å². The van der Waals surface area contributed by atoms with Gasteiger partial charge in [0.1, 0.15) is 10.6 Å². The lowest BCUT2D eigenvalue weighted by Gasteiger charge is -2.34. The molecule has 186 valence electrons. The Bertz CT molecular complexity index is 1150. The number of ether oxygens (including phenoxy) is 3. The summed E-state index contributed by atoms with van der Waals surface area (Å²) in [7, 11) is -0.492. The summed E-state index contributed by atoms with van der Waals surface area (Å²) in [5, 5.41) is 0. The Kier molecular flexibility index (Phi) is 7.61. The molecule has 0 amide bonds. The standard InChI is InChI=1S/C22H25F3N2O6S/c1-31-16-8-10-27(11-9-16)18-6-5-15(22(23,24)25)13-17(18)26-34(29,30)20-12-14(21(28)33-3)4-7-19(20)32-2/h4-7,12-13,16,26H,8-11H2,1-3H3. The number of piperidine rings is 1. The zero-order chi connectivity index (χ0) is 25.1. The van der Waals surface area contributed by atoms with Crippen molar-refractivity contribution in [1.29, 1.82) is 0 Å². The van der Waals surface area contributed by atoms with E-state index in [4.69, 9.17) is 9.47 Å². The highest BCUT2D eigenvalue weighted by atomic mass is 32.2. The second kappa shape index (κ2) is 10.1. The molecule has 1 N–H and O–H groups in total. The molecule has 0 saturated carbocycles. The number of esters is 1. The summed E-state index contributed by atoms with van der Waals surface area (Å²) < 4.78 is 84.1. The van der Waals surface area contributed by atoms with Crippen molar-refractivity contribution in [3.63, 3.8) is 0 Å². The second-order valence-corrected chi connectivity index (χ2v) is 9.27. The van der Waals surface area contributed by atoms with Gasteiger partial charge in [-0.1, -0.05) is 0 Å². The number of anilines is 2. The Labute approximate surface area is 195 Å². The molecule has 0 spiro atoms. The summed E-state index contributed by atoms with van der Waals surface area (Å²) in [6, 6.07) is 6.54. The summed E-state index contributed by atoms with van der Waals surface area (Å²) in [4.78, 5) is 13.3. The molecule has 8 nitrogen and oxygen atoms in total. The van der Waals surface area contributed by atoms with Crippen LogP contribution >= 0.6 is 0 Å². The van der Waals surface area contributed by atoms with Crippen LogP contribution in [0.15, 0.2) is 41.3 Å². The SMILES string of the molecule is COC(=O)c1ccc(OC)c(S(=O)(=O)Nc2cc(C(F)(F)F)ccc2N2CCC(OC)CC2)c1. The fourth-order valence-corrected chi connectivity index (χ4v) is 4.99. The predicted octanol–water partition coefficient (Wildman–Crippen LogP) is 3.92. The van der Waals surface area contributed by atoms with Gasteiger partial charge in [-0.05, 0) is 49.2 Å². The summed E-state index contributed by atoms with van der Waals surface area (Å²) in [6.45, 7) is 0.944. The maximum absolute atomic E-state index is 13.4. The summed E-state index contributed by atoms with van der Waals surface area (Å²) >= 11 is 0. The molecule has 2 aromatic carbocycles. The molecule has 1 aliphatic rings. The van der Waals surface area contributed by atoms with Crippen LogP contribution in [0.25, 0.3) is 0 Å². The van der Waals surface area contributed by atoms with E-state index in [-0.39, 0.29) is 23.1 Å². The van der Waals surface area contributed by atoms with E-state index in [0.717, 1.165) is 25.3 Å². The third kappa shape index (κ3) is 5.55. The molecule has 3 rings (SSSR count). The number of rotatable bonds is 7. The minimum atomic E-state index is -4.68. The van der Waals surface area contributed by atoms with E-state index in [9.17, 15) is 26.4 Å². The van der Waals surface area contributed by atoms with Gasteiger partial charge in [-0.15, -0.1) is 0 Å². The van der Waals surface area contributed by atoms with Gasteiger partial charge in [-0.3, -0.25) is 4.72 Å². The van der Waals surface area contributed by atoms with Crippen molar-refractivity contribution in [3.8, 4) is 5.75 Å². The van der Waals surface area contributed by atoms with Crippen molar-refractivity contribution in [3.05, 3.63) is 47.5 Å². The van der Waals surface area contributed by atoms with E-state index in [1.165, 1.54) is 25.3 Å². The van der Waals surface area contributed by atoms with Crippen LogP contribution in [-0.4, -0.2) is 54.9 Å². The highest BCUT2D eigenvalue weighted by Gasteiger charge is 2.33. The number of benzene rings is 2. The van der Waals surface area contributed by atoms with Gasteiger partial charge in [0, 0.05) is 20.2 Å². The Hall–Kier alpha value is -2.99. The number of carbonyl (C=O) groups is 1. The van der Waals surface area contributed by atoms with Crippen LogP contribution in [0.5, 0.6) is 5.75 Å². The fraction of sp³-hybridized carbons (Fsp3) is 0.409. The van der Waals surface area contributed by atoms with Gasteiger partial charge in [0.2, 0.25) is 0 Å². The lowest BCUT2D eigenvalue weighted by Crippen LogP contribution is -2.37. The number of alkyl halides is 3. The Morgan fingerprint density at radius 2 is 1.74 bits per heavy atom. The average molecular weight is 503 g/mol. The second-order valence-electron chi connectivity index (χ2n) is 7.61. The van der Waals surface area contributed by atoms with Crippen molar-refractivity contribution >= 4 is 27.4 Å². The molecule has 1 saturated heterocycles. The first-order chi connectivity index (χ1) is 16.0. The first kappa shape index (κ1) is 25.6. The average Bonchev–Trinajstić information content (AvgIpc) is 2.82. The van der Waals surface area contributed by atoms with E-state index in [1.807, 2.05) is 0 Å². The molecule has 34 heavy (non-hydrogen) atoms. The third-order valence-electron chi connectivity index (χ3n) is 5.56. The zero-order valence-electron chi connectivity index (χ0n) is 18.8. The van der Waals surface area contributed by atoms with E-state index in [2.05, 4.69) is 9.46 Å². The third-order valence-corrected chi connectivity index (χ3v) is 6.95. The zero-order valence-corrected chi connectivity index (χ0v) is 19.6. The number of nitrogens with zero attached hydrogens (tertiary/aromatic N) is 1. The van der Waals surface area contributed by atoms with Crippen molar-refractivity contribution in [2.24, 2.45) is 0 Å². The minimum Gasteiger partial charge on any atom is -0.495 e. The molecule has 0 atom stereocenters. The van der Waals surface area contributed by atoms with Gasteiger partial charge in [0.25, 0.3) is 10.0 Å². The van der Waals surface area contributed by atoms with E-state index in [0.29, 0.717) is 31.6 Å². The summed E-state index contributed by atoms with van der Waals surface area (Å²) in [6.07, 6.45) is -3.38. The minimum absolute atomic E-state index is 0.0242. The van der Waals surface area contributed by atoms with Crippen LogP contribution in [0, 0.1) is 0 Å². The number of hydrogen-bond acceptors (Lipinski definition) is 7. The van der Waals surface area contributed by atoms with Crippen LogP contribution in [0.3, 0.4) is 0 Å². The number of hydrogen-bond donors (Lipinski definition) is 1. The van der Waals surface area contributed by atoms with Crippen molar-refractivity contribution in [1.82, 2.24) is 0 Å². The number of halogens is 3. The number of sulfonamides is 1. The summed E-state index contributed by atoms with van der Waals surface area (Å²) in [5.74, 6) is -0.866. The molecule has 0 aliphatic carbocycles. The summed E-state index contributed by atoms with van der Waals surface area (Å²) in [5.41, 5.74) is -1.00. The smallest absolute Gasteiger partial charge is 0.416 e. The maximum Gasteiger partial charge on any atom is 0.416 e. The molecule has 1 aliphatic heterocycles. The first-order valence-electron chi connectivity index (χ1n) is 10.3. The topological polar surface area (TPSA) is 94.2 Å². The maximum atomic E-state index is 13.4. The van der Waals surface area contributed by atoms with Gasteiger partial charge >= 0.3 is 12.1 Å². The molecular formula is C22H25F3N2O6S. The molecule has 0 aromatic heterocycles. The number of nitrogens with one attached hydrogen (secondary N) is 1. The Balaban J connectivity index is 2.05. The van der Waals surface area contributed by atoms with Crippen molar-refractivity contribution in [2.75, 3.05) is 44.0 Å². The first-order valence-corrected chi connectivity index (χ1v) is 11.8. The van der Waals surface area contributed by atoms with Gasteiger partial charge < -0.3 is 19.1 Å². The van der Waals surface area contributed by atoms with Gasteiger partial charge in [-0.2, -0.15) is 13.2 Å². The monoisotopic (exact) mass is 502 g/mol. The highest BCUT2D eigenvalue weighted by molar-refractivity contribution is 7.92. The molecule has 1 heterocycles. The van der Waals surface area contributed by atoms with Gasteiger partial charge in [-0.25, -0.2) is 13.2 Å². The molecule has 0 unspecified atom stereocenters. The van der Waals surface area contributed by atoms with Crippen LogP contribution in [0.1, 0.15) is 28.8 Å². The van der Waals surface area contributed by atoms with E-state index < -0.39 is 32.6 Å². The lowest BCUT2D eigenvalue weighted by atomic mass is 10.1. The largest absolute Gasteiger partial charge is 0.495 e. The van der Waals surface area contributed by atoms with Gasteiger partial charge in [0.05, 0.1) is 42.8 Å². The quantitative estimate of drug-likeness (QED) is 0.574. The van der Waals surface area contributed by atoms with Crippen LogP contribution in [0.2, 0.25) is 0 Å². The Morgan fingerprint density at radius 3 is 2.29 bits per heavy atom. The number of carbonyl (C=O) groups excluding carboxylic acids is 1. The van der Waals surface area contributed by atoms with E-state index in [1.54, 1.807) is 12.0 Å². The van der Waals surface area contributed by atoms with Gasteiger partial charge in [0.15, 0.2) is 0 Å². The Morgan fingerprint density at radius 1 is 1.06 bits per heavy atom. The van der Waals surface area contributed by atoms with E-state index >= 15 is 0 Å². The highest BCUT2D eigenvalue weighted by Crippen LogP contribution is 2.38. The molecule has 0 bridgehead atoms. The van der Waals surface area contributed by atoms with Crippen molar-refractivity contribution < 1.29 is 40.6 Å².